The largest absolute Gasteiger partial charge is 0.382 e. The molecule has 1 aromatic rings. The summed E-state index contributed by atoms with van der Waals surface area (Å²) in [5.74, 6) is 0.124. The second kappa shape index (κ2) is 5.64. The maximum atomic E-state index is 11.8. The lowest BCUT2D eigenvalue weighted by atomic mass is 10.3. The molecular formula is C11H20N4O2S2. The van der Waals surface area contributed by atoms with Gasteiger partial charge in [0.2, 0.25) is 0 Å². The Morgan fingerprint density at radius 2 is 1.95 bits per heavy atom. The van der Waals surface area contributed by atoms with Gasteiger partial charge in [-0.3, -0.25) is 4.90 Å². The van der Waals surface area contributed by atoms with Crippen LogP contribution >= 0.6 is 11.5 Å². The van der Waals surface area contributed by atoms with Gasteiger partial charge in [-0.1, -0.05) is 6.92 Å². The fraction of sp³-hybridized carbons (Fsp3) is 0.727. The van der Waals surface area contributed by atoms with Gasteiger partial charge in [-0.05, 0) is 24.5 Å². The molecule has 0 atom stereocenters. The molecule has 1 aliphatic rings. The molecule has 0 radical (unpaired) electrons. The molecule has 0 unspecified atom stereocenters. The Morgan fingerprint density at radius 1 is 1.32 bits per heavy atom. The van der Waals surface area contributed by atoms with E-state index in [4.69, 9.17) is 5.73 Å². The highest BCUT2D eigenvalue weighted by Crippen LogP contribution is 2.34. The van der Waals surface area contributed by atoms with E-state index < -0.39 is 9.84 Å². The van der Waals surface area contributed by atoms with E-state index in [-0.39, 0.29) is 10.7 Å². The van der Waals surface area contributed by atoms with Crippen molar-refractivity contribution in [1.29, 1.82) is 0 Å². The average Bonchev–Trinajstić information content (AvgIpc) is 2.72. The lowest BCUT2D eigenvalue weighted by molar-refractivity contribution is 0.258. The van der Waals surface area contributed by atoms with Gasteiger partial charge in [-0.15, -0.1) is 0 Å². The van der Waals surface area contributed by atoms with E-state index in [9.17, 15) is 8.42 Å². The van der Waals surface area contributed by atoms with Crippen LogP contribution in [-0.2, 0) is 9.84 Å². The van der Waals surface area contributed by atoms with Gasteiger partial charge in [0.1, 0.15) is 9.90 Å². The van der Waals surface area contributed by atoms with Crippen molar-refractivity contribution in [3.63, 3.8) is 0 Å². The Kier molecular flexibility index (Phi) is 4.32. The number of rotatable bonds is 4. The molecule has 2 rings (SSSR count). The zero-order valence-corrected chi connectivity index (χ0v) is 12.9. The van der Waals surface area contributed by atoms with E-state index in [1.807, 2.05) is 0 Å². The van der Waals surface area contributed by atoms with E-state index in [1.54, 1.807) is 0 Å². The van der Waals surface area contributed by atoms with Crippen molar-refractivity contribution in [1.82, 2.24) is 9.27 Å². The van der Waals surface area contributed by atoms with Gasteiger partial charge >= 0.3 is 0 Å². The van der Waals surface area contributed by atoms with Crippen LogP contribution < -0.4 is 10.6 Å². The molecule has 8 heteroatoms. The molecule has 1 aromatic heterocycles. The summed E-state index contributed by atoms with van der Waals surface area (Å²) in [6.07, 6.45) is 2.33. The first-order chi connectivity index (χ1) is 8.93. The van der Waals surface area contributed by atoms with Crippen LogP contribution in [0.4, 0.5) is 10.8 Å². The van der Waals surface area contributed by atoms with Gasteiger partial charge in [0.25, 0.3) is 0 Å². The molecular weight excluding hydrogens is 284 g/mol. The van der Waals surface area contributed by atoms with Gasteiger partial charge in [0, 0.05) is 32.4 Å². The molecule has 108 valence electrons. The zero-order valence-electron chi connectivity index (χ0n) is 11.3. The van der Waals surface area contributed by atoms with Crippen LogP contribution in [0.25, 0.3) is 0 Å². The van der Waals surface area contributed by atoms with Crippen molar-refractivity contribution in [2.75, 3.05) is 49.6 Å². The molecule has 6 nitrogen and oxygen atoms in total. The Hall–Kier alpha value is -0.860. The minimum Gasteiger partial charge on any atom is -0.382 e. The van der Waals surface area contributed by atoms with Crippen LogP contribution in [-0.4, -0.2) is 56.7 Å². The van der Waals surface area contributed by atoms with Crippen LogP contribution in [0, 0.1) is 0 Å². The number of anilines is 2. The second-order valence-electron chi connectivity index (χ2n) is 4.80. The maximum absolute atomic E-state index is 11.8. The number of nitrogen functional groups attached to an aromatic ring is 1. The Bertz CT molecular complexity index is 533. The minimum absolute atomic E-state index is 0.124. The predicted octanol–water partition coefficient (Wildman–Crippen LogP) is 0.661. The Labute approximate surface area is 118 Å². The second-order valence-corrected chi connectivity index (χ2v) is 7.51. The molecule has 0 amide bonds. The zero-order chi connectivity index (χ0) is 14.0. The third kappa shape index (κ3) is 3.18. The first-order valence-corrected chi connectivity index (χ1v) is 9.02. The number of hydrogen-bond donors (Lipinski definition) is 1. The molecule has 1 aliphatic heterocycles. The van der Waals surface area contributed by atoms with Gasteiger partial charge < -0.3 is 10.6 Å². The highest BCUT2D eigenvalue weighted by Gasteiger charge is 2.27. The number of sulfone groups is 1. The monoisotopic (exact) mass is 304 g/mol. The summed E-state index contributed by atoms with van der Waals surface area (Å²) < 4.78 is 27.6. The molecule has 1 saturated heterocycles. The maximum Gasteiger partial charge on any atom is 0.182 e. The van der Waals surface area contributed by atoms with Crippen molar-refractivity contribution in [2.45, 2.75) is 18.2 Å². The van der Waals surface area contributed by atoms with E-state index >= 15 is 0 Å². The normalized spacial score (nSPS) is 17.9. The highest BCUT2D eigenvalue weighted by atomic mass is 32.2. The molecule has 0 aromatic carbocycles. The van der Waals surface area contributed by atoms with E-state index in [1.165, 1.54) is 17.8 Å². The van der Waals surface area contributed by atoms with Crippen molar-refractivity contribution in [3.8, 4) is 0 Å². The van der Waals surface area contributed by atoms with E-state index in [2.05, 4.69) is 21.1 Å². The van der Waals surface area contributed by atoms with Crippen LogP contribution in [0.2, 0.25) is 0 Å². The molecule has 0 spiro atoms. The molecule has 1 fully saturated rings. The van der Waals surface area contributed by atoms with Gasteiger partial charge in [0.05, 0.1) is 0 Å². The van der Waals surface area contributed by atoms with Crippen LogP contribution in [0.5, 0.6) is 0 Å². The third-order valence-corrected chi connectivity index (χ3v) is 5.42. The summed E-state index contributed by atoms with van der Waals surface area (Å²) in [7, 11) is -3.33. The first-order valence-electron chi connectivity index (χ1n) is 6.36. The summed E-state index contributed by atoms with van der Waals surface area (Å²) in [6.45, 7) is 6.81. The van der Waals surface area contributed by atoms with Gasteiger partial charge in [0.15, 0.2) is 15.7 Å². The standard InChI is InChI=1S/C11H20N4O2S2/c1-3-4-14-5-7-15(8-6-14)11-9(19(2,16)17)10(12)13-18-11/h3-8H2,1-2H3,(H2,12,13). The number of hydrogen-bond acceptors (Lipinski definition) is 7. The van der Waals surface area contributed by atoms with Crippen LogP contribution in [0.15, 0.2) is 4.90 Å². The quantitative estimate of drug-likeness (QED) is 0.880. The molecule has 19 heavy (non-hydrogen) atoms. The van der Waals surface area contributed by atoms with E-state index in [0.29, 0.717) is 5.00 Å². The molecule has 0 bridgehead atoms. The summed E-state index contributed by atoms with van der Waals surface area (Å²) in [5, 5.41) is 0.691. The number of aromatic nitrogens is 1. The lowest BCUT2D eigenvalue weighted by Gasteiger charge is -2.35. The van der Waals surface area contributed by atoms with Gasteiger partial charge in [-0.25, -0.2) is 8.42 Å². The summed E-state index contributed by atoms with van der Waals surface area (Å²) >= 11 is 1.18. The summed E-state index contributed by atoms with van der Waals surface area (Å²) in [6, 6.07) is 0. The fourth-order valence-corrected chi connectivity index (χ4v) is 4.58. The first kappa shape index (κ1) is 14.5. The van der Waals surface area contributed by atoms with Gasteiger partial charge in [-0.2, -0.15) is 4.37 Å². The smallest absolute Gasteiger partial charge is 0.182 e. The molecule has 2 heterocycles. The lowest BCUT2D eigenvalue weighted by Crippen LogP contribution is -2.46. The van der Waals surface area contributed by atoms with Crippen LogP contribution in [0.1, 0.15) is 13.3 Å². The topological polar surface area (TPSA) is 79.5 Å². The molecule has 0 saturated carbocycles. The average molecular weight is 304 g/mol. The summed E-state index contributed by atoms with van der Waals surface area (Å²) in [4.78, 5) is 4.67. The van der Waals surface area contributed by atoms with Crippen molar-refractivity contribution < 1.29 is 8.42 Å². The number of nitrogens with zero attached hydrogens (tertiary/aromatic N) is 3. The minimum atomic E-state index is -3.33. The number of piperazine rings is 1. The van der Waals surface area contributed by atoms with Crippen molar-refractivity contribution in [3.05, 3.63) is 0 Å². The Morgan fingerprint density at radius 3 is 2.47 bits per heavy atom. The Balaban J connectivity index is 2.17. The third-order valence-electron chi connectivity index (χ3n) is 3.23. The van der Waals surface area contributed by atoms with Crippen LogP contribution in [0.3, 0.4) is 0 Å². The van der Waals surface area contributed by atoms with Crippen molar-refractivity contribution >= 4 is 32.2 Å². The summed E-state index contributed by atoms with van der Waals surface area (Å²) in [5.41, 5.74) is 5.69. The fourth-order valence-electron chi connectivity index (χ4n) is 2.33. The molecule has 0 aliphatic carbocycles. The highest BCUT2D eigenvalue weighted by molar-refractivity contribution is 7.91. The SMILES string of the molecule is CCCN1CCN(c2snc(N)c2S(C)(=O)=O)CC1. The predicted molar refractivity (Wildman–Crippen MR) is 78.6 cm³/mol. The van der Waals surface area contributed by atoms with E-state index in [0.717, 1.165) is 39.1 Å². The molecule has 2 N–H and O–H groups in total. The van der Waals surface area contributed by atoms with Crippen molar-refractivity contribution in [2.24, 2.45) is 0 Å². The number of nitrogens with two attached hydrogens (primary N) is 1.